The number of carbonyl (C=O) groups excluding carboxylic acids is 1. The number of hydrogen-bond acceptors (Lipinski definition) is 2. The lowest BCUT2D eigenvalue weighted by Gasteiger charge is -2.17. The van der Waals surface area contributed by atoms with E-state index in [4.69, 9.17) is 11.6 Å². The Hall–Kier alpha value is -0.500. The highest BCUT2D eigenvalue weighted by atomic mass is 35.5. The van der Waals surface area contributed by atoms with Crippen LogP contribution in [-0.2, 0) is 9.53 Å². The van der Waals surface area contributed by atoms with Crippen molar-refractivity contribution in [2.24, 2.45) is 11.8 Å². The molecule has 0 aliphatic carbocycles. The third kappa shape index (κ3) is 5.69. The summed E-state index contributed by atoms with van der Waals surface area (Å²) in [6, 6.07) is 0. The Morgan fingerprint density at radius 1 is 1.54 bits per heavy atom. The van der Waals surface area contributed by atoms with Crippen molar-refractivity contribution in [1.82, 2.24) is 0 Å². The fraction of sp³-hybridized carbons (Fsp3) is 0.700. The Labute approximate surface area is 84.9 Å². The molecular formula is C10H17ClO2. The van der Waals surface area contributed by atoms with Crippen LogP contribution in [0.5, 0.6) is 0 Å². The molecule has 0 aromatic heterocycles. The van der Waals surface area contributed by atoms with Crippen molar-refractivity contribution in [3.63, 3.8) is 0 Å². The van der Waals surface area contributed by atoms with Crippen molar-refractivity contribution in [2.75, 3.05) is 7.11 Å². The average molecular weight is 205 g/mol. The maximum Gasteiger partial charge on any atom is 0.305 e. The molecule has 0 amide bonds. The number of halogens is 1. The van der Waals surface area contributed by atoms with E-state index in [2.05, 4.69) is 18.6 Å². The van der Waals surface area contributed by atoms with Crippen molar-refractivity contribution < 1.29 is 9.53 Å². The first-order valence-electron chi connectivity index (χ1n) is 4.43. The molecule has 1 atom stereocenters. The van der Waals surface area contributed by atoms with Gasteiger partial charge in [0, 0.05) is 12.0 Å². The number of esters is 1. The highest BCUT2D eigenvalue weighted by Crippen LogP contribution is 2.20. The van der Waals surface area contributed by atoms with E-state index in [0.717, 1.165) is 6.42 Å². The Kier molecular flexibility index (Phi) is 6.69. The minimum Gasteiger partial charge on any atom is -0.469 e. The van der Waals surface area contributed by atoms with Gasteiger partial charge in [-0.3, -0.25) is 4.79 Å². The Balaban J connectivity index is 4.01. The number of rotatable bonds is 5. The second kappa shape index (κ2) is 6.96. The molecule has 1 unspecified atom stereocenters. The average Bonchev–Trinajstić information content (AvgIpc) is 2.11. The maximum atomic E-state index is 11.0. The predicted octanol–water partition coefficient (Wildman–Crippen LogP) is 2.96. The molecule has 0 spiro atoms. The molecule has 0 aliphatic heterocycles. The zero-order valence-corrected chi connectivity index (χ0v) is 9.17. The summed E-state index contributed by atoms with van der Waals surface area (Å²) in [5, 5.41) is 0. The highest BCUT2D eigenvalue weighted by Gasteiger charge is 2.16. The van der Waals surface area contributed by atoms with Gasteiger partial charge in [0.25, 0.3) is 0 Å². The molecule has 0 aromatic carbocycles. The monoisotopic (exact) mass is 204 g/mol. The summed E-state index contributed by atoms with van der Waals surface area (Å²) in [4.78, 5) is 11.0. The SMILES string of the molecule is COC(=O)CC(C/C=C/Cl)C(C)C. The van der Waals surface area contributed by atoms with E-state index < -0.39 is 0 Å². The van der Waals surface area contributed by atoms with E-state index in [1.165, 1.54) is 12.6 Å². The molecule has 0 saturated carbocycles. The molecule has 0 bridgehead atoms. The lowest BCUT2D eigenvalue weighted by Crippen LogP contribution is -2.14. The summed E-state index contributed by atoms with van der Waals surface area (Å²) >= 11 is 5.42. The largest absolute Gasteiger partial charge is 0.469 e. The normalized spacial score (nSPS) is 13.6. The van der Waals surface area contributed by atoms with Crippen LogP contribution in [0.2, 0.25) is 0 Å². The Bertz CT molecular complexity index is 176. The molecule has 0 aromatic rings. The van der Waals surface area contributed by atoms with Crippen LogP contribution in [0, 0.1) is 11.8 Å². The fourth-order valence-corrected chi connectivity index (χ4v) is 1.22. The topological polar surface area (TPSA) is 26.3 Å². The molecule has 0 rings (SSSR count). The summed E-state index contributed by atoms with van der Waals surface area (Å²) < 4.78 is 4.61. The van der Waals surface area contributed by atoms with Crippen LogP contribution < -0.4 is 0 Å². The van der Waals surface area contributed by atoms with Crippen LogP contribution in [0.4, 0.5) is 0 Å². The van der Waals surface area contributed by atoms with E-state index in [1.807, 2.05) is 6.08 Å². The minimum atomic E-state index is -0.151. The van der Waals surface area contributed by atoms with Gasteiger partial charge in [0.2, 0.25) is 0 Å². The van der Waals surface area contributed by atoms with E-state index in [9.17, 15) is 4.79 Å². The van der Waals surface area contributed by atoms with Crippen LogP contribution in [0.15, 0.2) is 11.6 Å². The lowest BCUT2D eigenvalue weighted by atomic mass is 9.89. The first-order valence-corrected chi connectivity index (χ1v) is 4.87. The molecule has 2 nitrogen and oxygen atoms in total. The lowest BCUT2D eigenvalue weighted by molar-refractivity contribution is -0.142. The van der Waals surface area contributed by atoms with Gasteiger partial charge in [-0.1, -0.05) is 31.5 Å². The van der Waals surface area contributed by atoms with Crippen LogP contribution in [0.1, 0.15) is 26.7 Å². The number of carbonyl (C=O) groups is 1. The van der Waals surface area contributed by atoms with Gasteiger partial charge in [-0.05, 0) is 18.3 Å². The van der Waals surface area contributed by atoms with Gasteiger partial charge in [-0.15, -0.1) is 0 Å². The van der Waals surface area contributed by atoms with Crippen molar-refractivity contribution in [2.45, 2.75) is 26.7 Å². The van der Waals surface area contributed by atoms with E-state index in [1.54, 1.807) is 0 Å². The second-order valence-electron chi connectivity index (χ2n) is 3.38. The summed E-state index contributed by atoms with van der Waals surface area (Å²) in [5.74, 6) is 0.635. The van der Waals surface area contributed by atoms with Crippen LogP contribution in [0.25, 0.3) is 0 Å². The first-order chi connectivity index (χ1) is 6.11. The minimum absolute atomic E-state index is 0.151. The molecule has 3 heteroatoms. The van der Waals surface area contributed by atoms with E-state index >= 15 is 0 Å². The quantitative estimate of drug-likeness (QED) is 0.644. The molecular weight excluding hydrogens is 188 g/mol. The predicted molar refractivity (Wildman–Crippen MR) is 54.6 cm³/mol. The smallest absolute Gasteiger partial charge is 0.305 e. The van der Waals surface area contributed by atoms with Gasteiger partial charge < -0.3 is 4.74 Å². The summed E-state index contributed by atoms with van der Waals surface area (Å²) in [6.07, 6.45) is 3.17. The molecule has 76 valence electrons. The van der Waals surface area contributed by atoms with Crippen LogP contribution in [-0.4, -0.2) is 13.1 Å². The zero-order valence-electron chi connectivity index (χ0n) is 8.42. The molecule has 0 aliphatic rings. The molecule has 0 radical (unpaired) electrons. The second-order valence-corrected chi connectivity index (χ2v) is 3.63. The first kappa shape index (κ1) is 12.5. The number of hydrogen-bond donors (Lipinski definition) is 0. The Morgan fingerprint density at radius 3 is 2.54 bits per heavy atom. The van der Waals surface area contributed by atoms with Gasteiger partial charge in [-0.2, -0.15) is 0 Å². The fourth-order valence-electron chi connectivity index (χ4n) is 1.11. The zero-order chi connectivity index (χ0) is 10.3. The molecule has 0 fully saturated rings. The maximum absolute atomic E-state index is 11.0. The van der Waals surface area contributed by atoms with Crippen LogP contribution >= 0.6 is 11.6 Å². The van der Waals surface area contributed by atoms with E-state index in [-0.39, 0.29) is 5.97 Å². The van der Waals surface area contributed by atoms with Gasteiger partial charge in [0.1, 0.15) is 0 Å². The summed E-state index contributed by atoms with van der Waals surface area (Å²) in [5.41, 5.74) is 1.49. The van der Waals surface area contributed by atoms with Crippen LogP contribution in [0.3, 0.4) is 0 Å². The third-order valence-electron chi connectivity index (χ3n) is 2.13. The van der Waals surface area contributed by atoms with Crippen molar-refractivity contribution in [3.8, 4) is 0 Å². The highest BCUT2D eigenvalue weighted by molar-refractivity contribution is 6.25. The Morgan fingerprint density at radius 2 is 2.15 bits per heavy atom. The molecule has 0 heterocycles. The third-order valence-corrected chi connectivity index (χ3v) is 2.31. The van der Waals surface area contributed by atoms with Crippen molar-refractivity contribution >= 4 is 17.6 Å². The van der Waals surface area contributed by atoms with Gasteiger partial charge in [0.15, 0.2) is 0 Å². The van der Waals surface area contributed by atoms with Gasteiger partial charge >= 0.3 is 5.97 Å². The standard InChI is InChI=1S/C10H17ClO2/c1-8(2)9(5-4-6-11)7-10(12)13-3/h4,6,8-9H,5,7H2,1-3H3/b6-4+. The molecule has 0 saturated heterocycles. The number of methoxy groups -OCH3 is 1. The number of allylic oxidation sites excluding steroid dienone is 1. The number of ether oxygens (including phenoxy) is 1. The van der Waals surface area contributed by atoms with Crippen molar-refractivity contribution in [1.29, 1.82) is 0 Å². The molecule has 13 heavy (non-hydrogen) atoms. The summed E-state index contributed by atoms with van der Waals surface area (Å²) in [6.45, 7) is 4.19. The van der Waals surface area contributed by atoms with E-state index in [0.29, 0.717) is 18.3 Å². The molecule has 0 N–H and O–H groups in total. The van der Waals surface area contributed by atoms with Gasteiger partial charge in [-0.25, -0.2) is 0 Å². The summed E-state index contributed by atoms with van der Waals surface area (Å²) in [7, 11) is 1.41. The van der Waals surface area contributed by atoms with Gasteiger partial charge in [0.05, 0.1) is 7.11 Å². The van der Waals surface area contributed by atoms with Crippen molar-refractivity contribution in [3.05, 3.63) is 11.6 Å².